The Morgan fingerprint density at radius 1 is 0.840 bits per heavy atom. The van der Waals surface area contributed by atoms with Gasteiger partial charge in [-0.15, -0.1) is 0 Å². The lowest BCUT2D eigenvalue weighted by molar-refractivity contribution is -0.253. The monoisotopic (exact) mass is 679 g/mol. The van der Waals surface area contributed by atoms with Crippen LogP contribution in [0.2, 0.25) is 0 Å². The van der Waals surface area contributed by atoms with Gasteiger partial charge in [-0.05, 0) is 45.5 Å². The van der Waals surface area contributed by atoms with Crippen LogP contribution in [0.5, 0.6) is 0 Å². The van der Waals surface area contributed by atoms with Crippen LogP contribution in [0.3, 0.4) is 0 Å². The number of benzene rings is 4. The Balaban J connectivity index is 1.13. The highest BCUT2D eigenvalue weighted by atomic mass is 16.7. The number of ether oxygens (including phenoxy) is 4. The number of morpholine rings is 1. The lowest BCUT2D eigenvalue weighted by atomic mass is 9.98. The first-order chi connectivity index (χ1) is 24.5. The quantitative estimate of drug-likeness (QED) is 0.173. The number of carbonyl (C=O) groups is 2. The van der Waals surface area contributed by atoms with Gasteiger partial charge in [-0.1, -0.05) is 91.0 Å². The summed E-state index contributed by atoms with van der Waals surface area (Å²) in [5, 5.41) is 15.2. The molecule has 4 aromatic carbocycles. The predicted molar refractivity (Wildman–Crippen MR) is 189 cm³/mol. The molecule has 10 heteroatoms. The second-order valence-corrected chi connectivity index (χ2v) is 12.7. The van der Waals surface area contributed by atoms with Crippen molar-refractivity contribution < 1.29 is 33.6 Å². The molecule has 0 radical (unpaired) electrons. The first kappa shape index (κ1) is 35.3. The summed E-state index contributed by atoms with van der Waals surface area (Å²) >= 11 is 0. The number of urea groups is 1. The summed E-state index contributed by atoms with van der Waals surface area (Å²) in [7, 11) is 1.31. The predicted octanol–water partition coefficient (Wildman–Crippen LogP) is 5.31. The van der Waals surface area contributed by atoms with E-state index in [4.69, 9.17) is 18.9 Å². The Hall–Kier alpha value is -4.58. The van der Waals surface area contributed by atoms with E-state index in [1.165, 1.54) is 7.11 Å². The van der Waals surface area contributed by atoms with Gasteiger partial charge in [0.25, 0.3) is 0 Å². The highest BCUT2D eigenvalue weighted by Crippen LogP contribution is 2.39. The number of carbonyl (C=O) groups excluding carboxylic acids is 2. The molecule has 2 aliphatic rings. The number of hydrogen-bond donors (Lipinski definition) is 3. The van der Waals surface area contributed by atoms with Gasteiger partial charge in [-0.2, -0.15) is 0 Å². The van der Waals surface area contributed by atoms with E-state index in [1.54, 1.807) is 0 Å². The molecular formula is C40H45N3O7. The van der Waals surface area contributed by atoms with Crippen LogP contribution in [0.1, 0.15) is 46.6 Å². The molecule has 4 aromatic rings. The standard InChI is InChI=1S/C40H45N3O7/c1-47-38(45)36(22-28-7-3-2-4-8-28)42-40(46)41-25-30-9-5-10-32(21-30)33-11-6-12-34(23-33)39-49-35(26-43-17-19-48-20-18-43)24-37(50-39)31-15-13-29(27-44)14-16-31/h2-16,21,23,35-37,39,44H,17-20,22,24-27H2,1H3,(H2,41,42,46)/t35-,36+,37+,39+/m1/s1. The average Bonchev–Trinajstić information content (AvgIpc) is 3.17. The minimum atomic E-state index is -0.811. The van der Waals surface area contributed by atoms with Crippen molar-refractivity contribution >= 4 is 12.0 Å². The highest BCUT2D eigenvalue weighted by Gasteiger charge is 2.33. The molecular weight excluding hydrogens is 634 g/mol. The molecule has 0 aromatic heterocycles. The Morgan fingerprint density at radius 3 is 2.30 bits per heavy atom. The van der Waals surface area contributed by atoms with Crippen LogP contribution in [0, 0.1) is 0 Å². The van der Waals surface area contributed by atoms with Crippen molar-refractivity contribution in [1.29, 1.82) is 0 Å². The number of methoxy groups -OCH3 is 1. The molecule has 262 valence electrons. The molecule has 4 atom stereocenters. The number of nitrogens with one attached hydrogen (secondary N) is 2. The minimum absolute atomic E-state index is 0.000928. The molecule has 3 N–H and O–H groups in total. The number of esters is 1. The number of hydrogen-bond acceptors (Lipinski definition) is 8. The second-order valence-electron chi connectivity index (χ2n) is 12.7. The minimum Gasteiger partial charge on any atom is -0.467 e. The maximum Gasteiger partial charge on any atom is 0.328 e. The first-order valence-corrected chi connectivity index (χ1v) is 17.1. The molecule has 6 rings (SSSR count). The molecule has 10 nitrogen and oxygen atoms in total. The van der Waals surface area contributed by atoms with Gasteiger partial charge in [-0.3, -0.25) is 4.90 Å². The second kappa shape index (κ2) is 17.4. The van der Waals surface area contributed by atoms with Crippen LogP contribution in [-0.4, -0.2) is 74.1 Å². The van der Waals surface area contributed by atoms with Gasteiger partial charge in [0, 0.05) is 44.6 Å². The Bertz CT molecular complexity index is 1690. The number of aliphatic hydroxyl groups is 1. The third-order valence-electron chi connectivity index (χ3n) is 9.13. The first-order valence-electron chi connectivity index (χ1n) is 17.1. The molecule has 2 aliphatic heterocycles. The van der Waals surface area contributed by atoms with Crippen molar-refractivity contribution in [1.82, 2.24) is 15.5 Å². The molecule has 2 amide bonds. The van der Waals surface area contributed by atoms with Crippen LogP contribution < -0.4 is 10.6 Å². The molecule has 0 spiro atoms. The summed E-state index contributed by atoms with van der Waals surface area (Å²) in [6.07, 6.45) is 0.283. The van der Waals surface area contributed by atoms with Crippen LogP contribution in [-0.2, 0) is 43.3 Å². The van der Waals surface area contributed by atoms with E-state index in [0.717, 1.165) is 78.2 Å². The lowest BCUT2D eigenvalue weighted by Crippen LogP contribution is -2.47. The summed E-state index contributed by atoms with van der Waals surface area (Å²) in [6, 6.07) is 32.3. The highest BCUT2D eigenvalue weighted by molar-refractivity contribution is 5.83. The van der Waals surface area contributed by atoms with Crippen molar-refractivity contribution in [2.75, 3.05) is 40.0 Å². The SMILES string of the molecule is COC(=O)[C@H](Cc1ccccc1)NC(=O)NCc1cccc(-c2cccc([C@H]3O[C@@H](CN4CCOCC4)C[C@@H](c4ccc(CO)cc4)O3)c2)c1. The molecule has 0 unspecified atom stereocenters. The van der Waals surface area contributed by atoms with E-state index in [1.807, 2.05) is 97.1 Å². The van der Waals surface area contributed by atoms with Gasteiger partial charge in [0.05, 0.1) is 39.1 Å². The van der Waals surface area contributed by atoms with Gasteiger partial charge in [0.15, 0.2) is 6.29 Å². The molecule has 0 bridgehead atoms. The zero-order valence-electron chi connectivity index (χ0n) is 28.3. The maximum absolute atomic E-state index is 12.8. The van der Waals surface area contributed by atoms with Gasteiger partial charge >= 0.3 is 12.0 Å². The summed E-state index contributed by atoms with van der Waals surface area (Å²) in [6.45, 7) is 4.27. The number of rotatable bonds is 12. The molecule has 2 fully saturated rings. The van der Waals surface area contributed by atoms with E-state index in [0.29, 0.717) is 6.42 Å². The Labute approximate surface area is 293 Å². The zero-order chi connectivity index (χ0) is 34.7. The summed E-state index contributed by atoms with van der Waals surface area (Å²) in [4.78, 5) is 27.6. The van der Waals surface area contributed by atoms with Gasteiger partial charge in [0.1, 0.15) is 6.04 Å². The molecule has 0 saturated carbocycles. The van der Waals surface area contributed by atoms with Crippen molar-refractivity contribution in [2.24, 2.45) is 0 Å². The van der Waals surface area contributed by atoms with Crippen molar-refractivity contribution in [3.8, 4) is 11.1 Å². The molecule has 0 aliphatic carbocycles. The molecule has 50 heavy (non-hydrogen) atoms. The van der Waals surface area contributed by atoms with Crippen molar-refractivity contribution in [3.63, 3.8) is 0 Å². The molecule has 2 saturated heterocycles. The van der Waals surface area contributed by atoms with Crippen LogP contribution in [0.25, 0.3) is 11.1 Å². The third kappa shape index (κ3) is 9.56. The van der Waals surface area contributed by atoms with Crippen molar-refractivity contribution in [3.05, 3.63) is 131 Å². The van der Waals surface area contributed by atoms with Gasteiger partial charge in [0.2, 0.25) is 0 Å². The van der Waals surface area contributed by atoms with Gasteiger partial charge in [-0.25, -0.2) is 9.59 Å². The van der Waals surface area contributed by atoms with Crippen molar-refractivity contribution in [2.45, 2.75) is 50.5 Å². The van der Waals surface area contributed by atoms with E-state index in [2.05, 4.69) is 21.6 Å². The Morgan fingerprint density at radius 2 is 1.56 bits per heavy atom. The largest absolute Gasteiger partial charge is 0.467 e. The van der Waals surface area contributed by atoms with E-state index >= 15 is 0 Å². The number of nitrogens with zero attached hydrogens (tertiary/aromatic N) is 1. The topological polar surface area (TPSA) is 119 Å². The van der Waals surface area contributed by atoms with E-state index in [-0.39, 0.29) is 25.4 Å². The smallest absolute Gasteiger partial charge is 0.328 e. The third-order valence-corrected chi connectivity index (χ3v) is 9.13. The summed E-state index contributed by atoms with van der Waals surface area (Å²) in [5.74, 6) is -0.504. The normalized spacial score (nSPS) is 20.1. The average molecular weight is 680 g/mol. The zero-order valence-corrected chi connectivity index (χ0v) is 28.3. The van der Waals surface area contributed by atoms with Gasteiger partial charge < -0.3 is 34.7 Å². The lowest BCUT2D eigenvalue weighted by Gasteiger charge is -2.39. The van der Waals surface area contributed by atoms with Crippen LogP contribution in [0.4, 0.5) is 4.79 Å². The molecule has 2 heterocycles. The summed E-state index contributed by atoms with van der Waals surface area (Å²) < 4.78 is 23.7. The van der Waals surface area contributed by atoms with Crippen LogP contribution >= 0.6 is 0 Å². The van der Waals surface area contributed by atoms with E-state index in [9.17, 15) is 14.7 Å². The fraction of sp³-hybridized carbons (Fsp3) is 0.350. The van der Waals surface area contributed by atoms with Crippen LogP contribution in [0.15, 0.2) is 103 Å². The summed E-state index contributed by atoms with van der Waals surface area (Å²) in [5.41, 5.74) is 6.64. The fourth-order valence-electron chi connectivity index (χ4n) is 6.41. The van der Waals surface area contributed by atoms with E-state index < -0.39 is 24.3 Å². The number of aliphatic hydroxyl groups excluding tert-OH is 1. The Kier molecular flexibility index (Phi) is 12.3. The maximum atomic E-state index is 12.8. The number of amides is 2. The fourth-order valence-corrected chi connectivity index (χ4v) is 6.41.